The number of hydrogen-bond donors (Lipinski definition) is 1. The summed E-state index contributed by atoms with van der Waals surface area (Å²) in [4.78, 5) is 27.2. The summed E-state index contributed by atoms with van der Waals surface area (Å²) in [6.07, 6.45) is 0.995. The summed E-state index contributed by atoms with van der Waals surface area (Å²) in [7, 11) is 2.04. The van der Waals surface area contributed by atoms with Crippen molar-refractivity contribution in [3.63, 3.8) is 0 Å². The molecule has 0 unspecified atom stereocenters. The summed E-state index contributed by atoms with van der Waals surface area (Å²) in [5, 5.41) is 3.29. The quantitative estimate of drug-likeness (QED) is 0.448. The Kier molecular flexibility index (Phi) is 7.98. The zero-order valence-electron chi connectivity index (χ0n) is 22.7. The molecule has 2 fully saturated rings. The summed E-state index contributed by atoms with van der Waals surface area (Å²) in [6, 6.07) is 12.9. The third-order valence-electron chi connectivity index (χ3n) is 7.98. The standard InChI is InChI=1S/C30H34F3N5O2/c1-3-40-27-25(5-4-15-34-27)26-11-8-22(19-35-26)29(28(39)36-23-12-16-37(2)20-23)13-17-38(18-14-29)24-9-6-21(7-10-24)30(31,32)33/h4-11,15,19,23H,3,12-14,16-18,20H2,1-2H3,(H,36,39)/t23-/m0/s1. The second kappa shape index (κ2) is 11.4. The molecule has 1 amide bonds. The van der Waals surface area contributed by atoms with E-state index in [1.165, 1.54) is 12.1 Å². The number of aromatic nitrogens is 2. The van der Waals surface area contributed by atoms with Crippen LogP contribution < -0.4 is 15.0 Å². The van der Waals surface area contributed by atoms with E-state index in [0.29, 0.717) is 49.8 Å². The van der Waals surface area contributed by atoms with Gasteiger partial charge in [0.05, 0.1) is 28.8 Å². The first-order valence-electron chi connectivity index (χ1n) is 13.7. The molecule has 0 aliphatic carbocycles. The Morgan fingerprint density at radius 3 is 2.42 bits per heavy atom. The van der Waals surface area contributed by atoms with Crippen LogP contribution in [0.1, 0.15) is 37.3 Å². The van der Waals surface area contributed by atoms with Crippen molar-refractivity contribution in [1.29, 1.82) is 0 Å². The number of alkyl halides is 3. The van der Waals surface area contributed by atoms with Gasteiger partial charge in [0.2, 0.25) is 11.8 Å². The molecule has 1 aromatic carbocycles. The number of benzene rings is 1. The number of piperidine rings is 1. The number of carbonyl (C=O) groups is 1. The van der Waals surface area contributed by atoms with Crippen LogP contribution in [-0.2, 0) is 16.4 Å². The number of pyridine rings is 2. The van der Waals surface area contributed by atoms with Gasteiger partial charge in [-0.2, -0.15) is 13.2 Å². The fourth-order valence-electron chi connectivity index (χ4n) is 5.70. The number of halogens is 3. The van der Waals surface area contributed by atoms with E-state index in [1.54, 1.807) is 12.4 Å². The number of likely N-dealkylation sites (N-methyl/N-ethyl adjacent to an activating group) is 1. The molecule has 0 saturated carbocycles. The van der Waals surface area contributed by atoms with Crippen LogP contribution in [0.3, 0.4) is 0 Å². The largest absolute Gasteiger partial charge is 0.477 e. The lowest BCUT2D eigenvalue weighted by molar-refractivity contribution is -0.137. The Labute approximate surface area is 232 Å². The zero-order chi connectivity index (χ0) is 28.3. The molecule has 5 rings (SSSR count). The molecule has 3 aromatic rings. The highest BCUT2D eigenvalue weighted by Gasteiger charge is 2.44. The summed E-state index contributed by atoms with van der Waals surface area (Å²) >= 11 is 0. The fraction of sp³-hybridized carbons (Fsp3) is 0.433. The van der Waals surface area contributed by atoms with Crippen molar-refractivity contribution < 1.29 is 22.7 Å². The van der Waals surface area contributed by atoms with Crippen molar-refractivity contribution in [3.05, 3.63) is 72.1 Å². The van der Waals surface area contributed by atoms with Crippen LogP contribution in [0.4, 0.5) is 18.9 Å². The average Bonchev–Trinajstić information content (AvgIpc) is 3.37. The van der Waals surface area contributed by atoms with Crippen LogP contribution in [0.15, 0.2) is 60.9 Å². The van der Waals surface area contributed by atoms with Crippen LogP contribution >= 0.6 is 0 Å². The predicted molar refractivity (Wildman–Crippen MR) is 147 cm³/mol. The lowest BCUT2D eigenvalue weighted by Gasteiger charge is -2.42. The van der Waals surface area contributed by atoms with Crippen molar-refractivity contribution in [3.8, 4) is 17.1 Å². The molecule has 4 heterocycles. The van der Waals surface area contributed by atoms with Gasteiger partial charge in [0.1, 0.15) is 0 Å². The first-order chi connectivity index (χ1) is 19.2. The van der Waals surface area contributed by atoms with E-state index in [4.69, 9.17) is 9.72 Å². The molecule has 10 heteroatoms. The topological polar surface area (TPSA) is 70.6 Å². The van der Waals surface area contributed by atoms with Crippen LogP contribution in [0.25, 0.3) is 11.3 Å². The minimum Gasteiger partial charge on any atom is -0.477 e. The van der Waals surface area contributed by atoms with Crippen LogP contribution in [0, 0.1) is 0 Å². The maximum absolute atomic E-state index is 13.9. The highest BCUT2D eigenvalue weighted by molar-refractivity contribution is 5.89. The summed E-state index contributed by atoms with van der Waals surface area (Å²) in [5.74, 6) is 0.485. The van der Waals surface area contributed by atoms with Gasteiger partial charge in [-0.05, 0) is 87.8 Å². The maximum atomic E-state index is 13.9. The molecule has 7 nitrogen and oxygen atoms in total. The Balaban J connectivity index is 1.40. The van der Waals surface area contributed by atoms with E-state index >= 15 is 0 Å². The zero-order valence-corrected chi connectivity index (χ0v) is 22.7. The van der Waals surface area contributed by atoms with Crippen molar-refractivity contribution in [1.82, 2.24) is 20.2 Å². The second-order valence-corrected chi connectivity index (χ2v) is 10.6. The Hall–Kier alpha value is -3.66. The molecule has 2 aromatic heterocycles. The van der Waals surface area contributed by atoms with Crippen LogP contribution in [0.5, 0.6) is 5.88 Å². The first kappa shape index (κ1) is 27.9. The lowest BCUT2D eigenvalue weighted by Crippen LogP contribution is -2.54. The number of carbonyl (C=O) groups excluding carboxylic acids is 1. The third-order valence-corrected chi connectivity index (χ3v) is 7.98. The Bertz CT molecular complexity index is 1310. The minimum atomic E-state index is -4.37. The molecule has 1 N–H and O–H groups in total. The van der Waals surface area contributed by atoms with Gasteiger partial charge in [0.15, 0.2) is 0 Å². The van der Waals surface area contributed by atoms with Gasteiger partial charge in [-0.25, -0.2) is 4.98 Å². The first-order valence-corrected chi connectivity index (χ1v) is 13.7. The summed E-state index contributed by atoms with van der Waals surface area (Å²) in [5.41, 5.74) is 1.56. The third kappa shape index (κ3) is 5.77. The minimum absolute atomic E-state index is 0.0224. The summed E-state index contributed by atoms with van der Waals surface area (Å²) < 4.78 is 44.8. The Morgan fingerprint density at radius 2 is 1.82 bits per heavy atom. The molecule has 0 spiro atoms. The highest BCUT2D eigenvalue weighted by Crippen LogP contribution is 2.39. The van der Waals surface area contributed by atoms with Gasteiger partial charge in [0, 0.05) is 43.8 Å². The van der Waals surface area contributed by atoms with E-state index in [9.17, 15) is 18.0 Å². The van der Waals surface area contributed by atoms with Gasteiger partial charge in [-0.15, -0.1) is 0 Å². The number of likely N-dealkylation sites (tertiary alicyclic amines) is 1. The van der Waals surface area contributed by atoms with E-state index in [-0.39, 0.29) is 11.9 Å². The van der Waals surface area contributed by atoms with Gasteiger partial charge in [0.25, 0.3) is 0 Å². The van der Waals surface area contributed by atoms with Crippen molar-refractivity contribution in [2.24, 2.45) is 0 Å². The van der Waals surface area contributed by atoms with E-state index in [0.717, 1.165) is 42.8 Å². The molecule has 0 bridgehead atoms. The molecular formula is C30H34F3N5O2. The maximum Gasteiger partial charge on any atom is 0.416 e. The van der Waals surface area contributed by atoms with Crippen LogP contribution in [0.2, 0.25) is 0 Å². The molecule has 2 saturated heterocycles. The highest BCUT2D eigenvalue weighted by atomic mass is 19.4. The van der Waals surface area contributed by atoms with Gasteiger partial charge < -0.3 is 19.9 Å². The monoisotopic (exact) mass is 553 g/mol. The molecule has 2 aliphatic rings. The molecule has 212 valence electrons. The normalized spacial score (nSPS) is 19.4. The Morgan fingerprint density at radius 1 is 1.07 bits per heavy atom. The van der Waals surface area contributed by atoms with Gasteiger partial charge in [-0.3, -0.25) is 9.78 Å². The number of nitrogens with one attached hydrogen (secondary N) is 1. The van der Waals surface area contributed by atoms with E-state index < -0.39 is 17.2 Å². The molecule has 0 radical (unpaired) electrons. The number of rotatable bonds is 7. The lowest BCUT2D eigenvalue weighted by atomic mass is 9.72. The number of anilines is 1. The van der Waals surface area contributed by atoms with Crippen LogP contribution in [-0.4, -0.2) is 66.7 Å². The molecular weight excluding hydrogens is 519 g/mol. The second-order valence-electron chi connectivity index (χ2n) is 10.6. The SMILES string of the molecule is CCOc1ncccc1-c1ccc(C2(C(=O)N[C@H]3CCN(C)C3)CCN(c3ccc(C(F)(F)F)cc3)CC2)cn1. The van der Waals surface area contributed by atoms with Crippen molar-refractivity contribution >= 4 is 11.6 Å². The fourth-order valence-corrected chi connectivity index (χ4v) is 5.70. The number of hydrogen-bond acceptors (Lipinski definition) is 6. The number of nitrogens with zero attached hydrogens (tertiary/aromatic N) is 4. The smallest absolute Gasteiger partial charge is 0.416 e. The van der Waals surface area contributed by atoms with E-state index in [2.05, 4.69) is 15.2 Å². The van der Waals surface area contributed by atoms with Gasteiger partial charge in [-0.1, -0.05) is 6.07 Å². The summed E-state index contributed by atoms with van der Waals surface area (Å²) in [6.45, 7) is 5.18. The molecule has 1 atom stereocenters. The van der Waals surface area contributed by atoms with Crippen molar-refractivity contribution in [2.75, 3.05) is 44.7 Å². The predicted octanol–water partition coefficient (Wildman–Crippen LogP) is 4.92. The number of amides is 1. The molecule has 40 heavy (non-hydrogen) atoms. The van der Waals surface area contributed by atoms with Gasteiger partial charge >= 0.3 is 6.18 Å². The van der Waals surface area contributed by atoms with E-state index in [1.807, 2.05) is 43.1 Å². The van der Waals surface area contributed by atoms with Crippen molar-refractivity contribution in [2.45, 2.75) is 43.8 Å². The molecule has 2 aliphatic heterocycles. The average molecular weight is 554 g/mol. The number of ether oxygens (including phenoxy) is 1.